The Morgan fingerprint density at radius 2 is 1.90 bits per heavy atom. The first kappa shape index (κ1) is 14.9. The second-order valence-electron chi connectivity index (χ2n) is 5.01. The minimum absolute atomic E-state index is 0.0290. The molecule has 21 heavy (non-hydrogen) atoms. The van der Waals surface area contributed by atoms with E-state index in [0.717, 1.165) is 5.69 Å². The zero-order valence-corrected chi connectivity index (χ0v) is 12.4. The van der Waals surface area contributed by atoms with Crippen molar-refractivity contribution in [3.8, 4) is 11.8 Å². The lowest BCUT2D eigenvalue weighted by Crippen LogP contribution is -2.34. The van der Waals surface area contributed by atoms with Crippen molar-refractivity contribution in [2.45, 2.75) is 13.8 Å². The minimum atomic E-state index is -0.159. The Hall–Kier alpha value is -2.54. The van der Waals surface area contributed by atoms with Crippen LogP contribution in [0, 0.1) is 17.2 Å². The first-order chi connectivity index (χ1) is 10.2. The fourth-order valence-electron chi connectivity index (χ4n) is 2.19. The quantitative estimate of drug-likeness (QED) is 0.845. The van der Waals surface area contributed by atoms with Crippen molar-refractivity contribution < 1.29 is 4.79 Å². The van der Waals surface area contributed by atoms with Gasteiger partial charge in [-0.15, -0.1) is 0 Å². The van der Waals surface area contributed by atoms with Gasteiger partial charge in [-0.25, -0.2) is 0 Å². The second kappa shape index (κ2) is 6.76. The van der Waals surface area contributed by atoms with Gasteiger partial charge in [-0.1, -0.05) is 0 Å². The van der Waals surface area contributed by atoms with Crippen LogP contribution in [0.25, 0.3) is 5.69 Å². The molecule has 1 atom stereocenters. The maximum atomic E-state index is 12.4. The van der Waals surface area contributed by atoms with Gasteiger partial charge in [0.25, 0.3) is 5.91 Å². The Balaban J connectivity index is 2.14. The van der Waals surface area contributed by atoms with Crippen LogP contribution in [-0.2, 0) is 0 Å². The zero-order chi connectivity index (χ0) is 15.2. The van der Waals surface area contributed by atoms with Crippen LogP contribution in [0.2, 0.25) is 0 Å². The highest BCUT2D eigenvalue weighted by atomic mass is 16.2. The SMILES string of the molecule is CCN(C[C@H](C)C#N)C(=O)c1ccc(-n2cccc2)cc1. The summed E-state index contributed by atoms with van der Waals surface area (Å²) in [6.07, 6.45) is 3.92. The molecule has 1 aromatic heterocycles. The molecule has 4 heteroatoms. The van der Waals surface area contributed by atoms with Crippen molar-refractivity contribution in [3.63, 3.8) is 0 Å². The van der Waals surface area contributed by atoms with E-state index in [1.165, 1.54) is 0 Å². The van der Waals surface area contributed by atoms with Gasteiger partial charge >= 0.3 is 0 Å². The first-order valence-electron chi connectivity index (χ1n) is 7.08. The minimum Gasteiger partial charge on any atom is -0.338 e. The summed E-state index contributed by atoms with van der Waals surface area (Å²) in [5.41, 5.74) is 1.67. The first-order valence-corrected chi connectivity index (χ1v) is 7.08. The van der Waals surface area contributed by atoms with E-state index >= 15 is 0 Å². The number of benzene rings is 1. The van der Waals surface area contributed by atoms with Crippen LogP contribution in [0.4, 0.5) is 0 Å². The third kappa shape index (κ3) is 3.51. The maximum Gasteiger partial charge on any atom is 0.253 e. The molecule has 4 nitrogen and oxygen atoms in total. The van der Waals surface area contributed by atoms with E-state index in [0.29, 0.717) is 18.7 Å². The fourth-order valence-corrected chi connectivity index (χ4v) is 2.19. The van der Waals surface area contributed by atoms with Crippen molar-refractivity contribution >= 4 is 5.91 Å². The van der Waals surface area contributed by atoms with Crippen LogP contribution in [0.5, 0.6) is 0 Å². The van der Waals surface area contributed by atoms with E-state index in [1.54, 1.807) is 4.90 Å². The third-order valence-corrected chi connectivity index (χ3v) is 3.40. The number of carbonyl (C=O) groups excluding carboxylic acids is 1. The Bertz CT molecular complexity index is 623. The highest BCUT2D eigenvalue weighted by Gasteiger charge is 2.16. The predicted molar refractivity (Wildman–Crippen MR) is 82.1 cm³/mol. The third-order valence-electron chi connectivity index (χ3n) is 3.40. The van der Waals surface area contributed by atoms with Gasteiger partial charge in [0.1, 0.15) is 0 Å². The molecule has 0 bridgehead atoms. The number of aromatic nitrogens is 1. The summed E-state index contributed by atoms with van der Waals surface area (Å²) in [6.45, 7) is 4.82. The fraction of sp³-hybridized carbons (Fsp3) is 0.294. The van der Waals surface area contributed by atoms with Crippen molar-refractivity contribution in [1.29, 1.82) is 5.26 Å². The summed E-state index contributed by atoms with van der Waals surface area (Å²) in [5, 5.41) is 8.88. The molecule has 0 saturated heterocycles. The molecule has 0 radical (unpaired) electrons. The Labute approximate surface area is 125 Å². The van der Waals surface area contributed by atoms with Crippen molar-refractivity contribution in [2.24, 2.45) is 5.92 Å². The van der Waals surface area contributed by atoms with Crippen LogP contribution in [0.15, 0.2) is 48.8 Å². The molecule has 0 aliphatic carbocycles. The number of nitriles is 1. The molecule has 0 unspecified atom stereocenters. The van der Waals surface area contributed by atoms with Gasteiger partial charge in [-0.3, -0.25) is 4.79 Å². The molecule has 0 fully saturated rings. The summed E-state index contributed by atoms with van der Waals surface area (Å²) < 4.78 is 1.99. The summed E-state index contributed by atoms with van der Waals surface area (Å²) in [5.74, 6) is -0.188. The van der Waals surface area contributed by atoms with Crippen LogP contribution in [0.3, 0.4) is 0 Å². The van der Waals surface area contributed by atoms with Gasteiger partial charge < -0.3 is 9.47 Å². The van der Waals surface area contributed by atoms with Crippen LogP contribution in [0.1, 0.15) is 24.2 Å². The van der Waals surface area contributed by atoms with Gasteiger partial charge in [-0.05, 0) is 50.2 Å². The molecule has 0 N–H and O–H groups in total. The van der Waals surface area contributed by atoms with Gasteiger partial charge in [-0.2, -0.15) is 5.26 Å². The van der Waals surface area contributed by atoms with E-state index in [4.69, 9.17) is 5.26 Å². The van der Waals surface area contributed by atoms with E-state index in [1.807, 2.05) is 67.2 Å². The molecule has 1 amide bonds. The molecule has 108 valence electrons. The normalized spacial score (nSPS) is 11.7. The highest BCUT2D eigenvalue weighted by Crippen LogP contribution is 2.12. The highest BCUT2D eigenvalue weighted by molar-refractivity contribution is 5.94. The van der Waals surface area contributed by atoms with E-state index in [-0.39, 0.29) is 11.8 Å². The molecule has 1 aromatic carbocycles. The lowest BCUT2D eigenvalue weighted by Gasteiger charge is -2.22. The number of nitrogens with zero attached hydrogens (tertiary/aromatic N) is 3. The summed E-state index contributed by atoms with van der Waals surface area (Å²) >= 11 is 0. The average Bonchev–Trinajstić information content (AvgIpc) is 3.06. The average molecular weight is 281 g/mol. The summed E-state index contributed by atoms with van der Waals surface area (Å²) in [7, 11) is 0. The summed E-state index contributed by atoms with van der Waals surface area (Å²) in [4.78, 5) is 14.1. The Kier molecular flexibility index (Phi) is 4.78. The van der Waals surface area contributed by atoms with Crippen LogP contribution >= 0.6 is 0 Å². The molecule has 1 heterocycles. The van der Waals surface area contributed by atoms with Gasteiger partial charge in [0, 0.05) is 36.7 Å². The van der Waals surface area contributed by atoms with Crippen LogP contribution in [-0.4, -0.2) is 28.5 Å². The van der Waals surface area contributed by atoms with E-state index in [9.17, 15) is 4.79 Å². The predicted octanol–water partition coefficient (Wildman–Crippen LogP) is 3.10. The van der Waals surface area contributed by atoms with Gasteiger partial charge in [0.05, 0.1) is 12.0 Å². The standard InChI is InChI=1S/C17H19N3O/c1-3-19(13-14(2)12-18)17(21)15-6-8-16(9-7-15)20-10-4-5-11-20/h4-11,14H,3,13H2,1-2H3/t14-/m1/s1. The molecule has 2 rings (SSSR count). The number of amides is 1. The molecule has 0 aliphatic rings. The molecule has 0 saturated carbocycles. The van der Waals surface area contributed by atoms with Gasteiger partial charge in [0.2, 0.25) is 0 Å². The zero-order valence-electron chi connectivity index (χ0n) is 12.4. The monoisotopic (exact) mass is 281 g/mol. The lowest BCUT2D eigenvalue weighted by atomic mass is 10.1. The number of hydrogen-bond donors (Lipinski definition) is 0. The van der Waals surface area contributed by atoms with Gasteiger partial charge in [0.15, 0.2) is 0 Å². The topological polar surface area (TPSA) is 49.0 Å². The number of hydrogen-bond acceptors (Lipinski definition) is 2. The van der Waals surface area contributed by atoms with Crippen molar-refractivity contribution in [2.75, 3.05) is 13.1 Å². The lowest BCUT2D eigenvalue weighted by molar-refractivity contribution is 0.0752. The number of carbonyl (C=O) groups is 1. The van der Waals surface area contributed by atoms with E-state index < -0.39 is 0 Å². The number of rotatable bonds is 5. The largest absolute Gasteiger partial charge is 0.338 e. The molecule has 2 aromatic rings. The molecule has 0 aliphatic heterocycles. The molecule has 0 spiro atoms. The smallest absolute Gasteiger partial charge is 0.253 e. The van der Waals surface area contributed by atoms with Crippen molar-refractivity contribution in [1.82, 2.24) is 9.47 Å². The summed E-state index contributed by atoms with van der Waals surface area (Å²) in [6, 6.07) is 13.6. The Morgan fingerprint density at radius 1 is 1.29 bits per heavy atom. The Morgan fingerprint density at radius 3 is 2.43 bits per heavy atom. The van der Waals surface area contributed by atoms with Crippen LogP contribution < -0.4 is 0 Å². The second-order valence-corrected chi connectivity index (χ2v) is 5.01. The van der Waals surface area contributed by atoms with E-state index in [2.05, 4.69) is 6.07 Å². The molecular weight excluding hydrogens is 262 g/mol. The van der Waals surface area contributed by atoms with Crippen molar-refractivity contribution in [3.05, 3.63) is 54.4 Å². The molecular formula is C17H19N3O. The maximum absolute atomic E-state index is 12.4.